The Morgan fingerprint density at radius 3 is 2.64 bits per heavy atom. The lowest BCUT2D eigenvalue weighted by atomic mass is 10.1. The van der Waals surface area contributed by atoms with E-state index in [1.54, 1.807) is 6.92 Å². The van der Waals surface area contributed by atoms with Crippen LogP contribution in [0.4, 0.5) is 0 Å². The third-order valence-electron chi connectivity index (χ3n) is 2.98. The van der Waals surface area contributed by atoms with Crippen LogP contribution in [0.5, 0.6) is 0 Å². The minimum atomic E-state index is -0.352. The van der Waals surface area contributed by atoms with E-state index in [-0.39, 0.29) is 24.9 Å². The van der Waals surface area contributed by atoms with Crippen LogP contribution >= 0.6 is 0 Å². The van der Waals surface area contributed by atoms with Crippen LogP contribution in [0.25, 0.3) is 0 Å². The number of nitrogens with zero attached hydrogens (tertiary/aromatic N) is 1. The van der Waals surface area contributed by atoms with E-state index in [4.69, 9.17) is 9.84 Å². The molecule has 84 valence electrons. The van der Waals surface area contributed by atoms with Gasteiger partial charge >= 0.3 is 0 Å². The zero-order valence-corrected chi connectivity index (χ0v) is 9.18. The molecule has 4 atom stereocenters. The Kier molecular flexibility index (Phi) is 4.31. The zero-order valence-electron chi connectivity index (χ0n) is 9.18. The molecule has 0 aromatic heterocycles. The van der Waals surface area contributed by atoms with Crippen LogP contribution in [0.2, 0.25) is 0 Å². The van der Waals surface area contributed by atoms with Crippen molar-refractivity contribution in [3.05, 3.63) is 0 Å². The molecule has 0 bridgehead atoms. The predicted octanol–water partition coefficient (Wildman–Crippen LogP) is -0.163. The smallest absolute Gasteiger partial charge is 0.0933 e. The summed E-state index contributed by atoms with van der Waals surface area (Å²) in [5, 5.41) is 18.5. The lowest BCUT2D eigenvalue weighted by molar-refractivity contribution is -0.102. The Hall–Kier alpha value is -0.160. The largest absolute Gasteiger partial charge is 0.394 e. The molecule has 1 saturated heterocycles. The van der Waals surface area contributed by atoms with Crippen LogP contribution in [0.1, 0.15) is 20.8 Å². The van der Waals surface area contributed by atoms with Crippen LogP contribution in [-0.4, -0.2) is 59.2 Å². The van der Waals surface area contributed by atoms with Crippen LogP contribution in [-0.2, 0) is 4.74 Å². The monoisotopic (exact) mass is 203 g/mol. The first-order valence-corrected chi connectivity index (χ1v) is 5.22. The van der Waals surface area contributed by atoms with Gasteiger partial charge in [0.05, 0.1) is 25.4 Å². The van der Waals surface area contributed by atoms with Crippen molar-refractivity contribution in [3.8, 4) is 0 Å². The lowest BCUT2D eigenvalue weighted by Gasteiger charge is -2.42. The van der Waals surface area contributed by atoms with E-state index >= 15 is 0 Å². The molecule has 0 aliphatic carbocycles. The number of hydrogen-bond donors (Lipinski definition) is 2. The van der Waals surface area contributed by atoms with Gasteiger partial charge < -0.3 is 14.9 Å². The van der Waals surface area contributed by atoms with Crippen molar-refractivity contribution < 1.29 is 14.9 Å². The van der Waals surface area contributed by atoms with Gasteiger partial charge in [0.1, 0.15) is 0 Å². The molecule has 0 aromatic carbocycles. The summed E-state index contributed by atoms with van der Waals surface area (Å²) in [4.78, 5) is 2.19. The summed E-state index contributed by atoms with van der Waals surface area (Å²) in [6.45, 7) is 7.25. The Morgan fingerprint density at radius 2 is 2.14 bits per heavy atom. The highest BCUT2D eigenvalue weighted by atomic mass is 16.5. The number of aliphatic hydroxyl groups excluding tert-OH is 2. The molecule has 0 saturated carbocycles. The number of rotatable bonds is 3. The predicted molar refractivity (Wildman–Crippen MR) is 54.1 cm³/mol. The molecule has 0 spiro atoms. The summed E-state index contributed by atoms with van der Waals surface area (Å²) in [5.41, 5.74) is 0. The Bertz CT molecular complexity index is 175. The number of hydrogen-bond acceptors (Lipinski definition) is 4. The van der Waals surface area contributed by atoms with Crippen molar-refractivity contribution in [3.63, 3.8) is 0 Å². The normalized spacial score (nSPS) is 34.1. The lowest BCUT2D eigenvalue weighted by Crippen LogP contribution is -2.55. The molecule has 2 N–H and O–H groups in total. The molecule has 0 aromatic rings. The van der Waals surface area contributed by atoms with Crippen molar-refractivity contribution >= 4 is 0 Å². The van der Waals surface area contributed by atoms with Gasteiger partial charge in [0.25, 0.3) is 0 Å². The maximum atomic E-state index is 9.50. The fraction of sp³-hybridized carbons (Fsp3) is 1.00. The van der Waals surface area contributed by atoms with Crippen molar-refractivity contribution in [1.82, 2.24) is 4.90 Å². The van der Waals surface area contributed by atoms with Crippen molar-refractivity contribution in [1.29, 1.82) is 0 Å². The van der Waals surface area contributed by atoms with E-state index in [2.05, 4.69) is 11.8 Å². The van der Waals surface area contributed by atoms with Gasteiger partial charge in [0.15, 0.2) is 0 Å². The zero-order chi connectivity index (χ0) is 10.7. The molecule has 4 unspecified atom stereocenters. The number of aliphatic hydroxyl groups is 2. The van der Waals surface area contributed by atoms with E-state index in [0.717, 1.165) is 0 Å². The average Bonchev–Trinajstić information content (AvgIpc) is 2.17. The first kappa shape index (κ1) is 11.9. The first-order chi connectivity index (χ1) is 6.56. The summed E-state index contributed by atoms with van der Waals surface area (Å²) < 4.78 is 5.43. The number of morpholine rings is 1. The van der Waals surface area contributed by atoms with Gasteiger partial charge in [-0.2, -0.15) is 0 Å². The molecule has 0 radical (unpaired) electrons. The minimum Gasteiger partial charge on any atom is -0.394 e. The topological polar surface area (TPSA) is 52.9 Å². The van der Waals surface area contributed by atoms with Crippen molar-refractivity contribution in [2.75, 3.05) is 19.8 Å². The van der Waals surface area contributed by atoms with Crippen LogP contribution in [0, 0.1) is 0 Å². The van der Waals surface area contributed by atoms with Gasteiger partial charge in [0.2, 0.25) is 0 Å². The number of ether oxygens (including phenoxy) is 1. The Labute approximate surface area is 85.5 Å². The second-order valence-electron chi connectivity index (χ2n) is 4.16. The van der Waals surface area contributed by atoms with Gasteiger partial charge in [-0.05, 0) is 20.8 Å². The van der Waals surface area contributed by atoms with E-state index in [0.29, 0.717) is 19.2 Å². The summed E-state index contributed by atoms with van der Waals surface area (Å²) in [7, 11) is 0. The molecule has 4 heteroatoms. The second kappa shape index (κ2) is 5.07. The standard InChI is InChI=1S/C10H21NO3/c1-7-6-14-10(5-12)4-11(7)8(2)9(3)13/h7-10,12-13H,4-6H2,1-3H3. The van der Waals surface area contributed by atoms with Gasteiger partial charge in [0, 0.05) is 18.6 Å². The van der Waals surface area contributed by atoms with E-state index in [1.165, 1.54) is 0 Å². The van der Waals surface area contributed by atoms with E-state index < -0.39 is 0 Å². The fourth-order valence-electron chi connectivity index (χ4n) is 1.79. The molecule has 4 nitrogen and oxygen atoms in total. The van der Waals surface area contributed by atoms with E-state index in [9.17, 15) is 5.11 Å². The van der Waals surface area contributed by atoms with Crippen LogP contribution in [0.3, 0.4) is 0 Å². The quantitative estimate of drug-likeness (QED) is 0.669. The maximum Gasteiger partial charge on any atom is 0.0933 e. The minimum absolute atomic E-state index is 0.0513. The van der Waals surface area contributed by atoms with Gasteiger partial charge in [-0.25, -0.2) is 0 Å². The summed E-state index contributed by atoms with van der Waals surface area (Å²) in [5.74, 6) is 0. The Morgan fingerprint density at radius 1 is 1.50 bits per heavy atom. The highest BCUT2D eigenvalue weighted by Gasteiger charge is 2.30. The summed E-state index contributed by atoms with van der Waals surface area (Å²) >= 11 is 0. The highest BCUT2D eigenvalue weighted by Crippen LogP contribution is 2.16. The third-order valence-corrected chi connectivity index (χ3v) is 2.98. The molecule has 1 rings (SSSR count). The fourth-order valence-corrected chi connectivity index (χ4v) is 1.79. The summed E-state index contributed by atoms with van der Waals surface area (Å²) in [6.07, 6.45) is -0.456. The molecule has 14 heavy (non-hydrogen) atoms. The van der Waals surface area contributed by atoms with E-state index in [1.807, 2.05) is 6.92 Å². The average molecular weight is 203 g/mol. The van der Waals surface area contributed by atoms with Crippen molar-refractivity contribution in [2.45, 2.75) is 45.1 Å². The molecule has 1 heterocycles. The Balaban J connectivity index is 2.55. The van der Waals surface area contributed by atoms with Crippen LogP contribution in [0.15, 0.2) is 0 Å². The first-order valence-electron chi connectivity index (χ1n) is 5.22. The highest BCUT2D eigenvalue weighted by molar-refractivity contribution is 4.83. The molecule has 1 fully saturated rings. The van der Waals surface area contributed by atoms with Gasteiger partial charge in [-0.15, -0.1) is 0 Å². The molecule has 0 amide bonds. The van der Waals surface area contributed by atoms with Crippen molar-refractivity contribution in [2.24, 2.45) is 0 Å². The van der Waals surface area contributed by atoms with Crippen LogP contribution < -0.4 is 0 Å². The SMILES string of the molecule is CC(O)C(C)N1CC(CO)OCC1C. The molecule has 1 aliphatic heterocycles. The second-order valence-corrected chi connectivity index (χ2v) is 4.16. The maximum absolute atomic E-state index is 9.50. The molecular formula is C10H21NO3. The molecular weight excluding hydrogens is 182 g/mol. The third kappa shape index (κ3) is 2.67. The molecule has 1 aliphatic rings. The summed E-state index contributed by atoms with van der Waals surface area (Å²) in [6, 6.07) is 0.422. The van der Waals surface area contributed by atoms with Gasteiger partial charge in [-0.3, -0.25) is 4.90 Å². The van der Waals surface area contributed by atoms with Gasteiger partial charge in [-0.1, -0.05) is 0 Å².